The average Bonchev–Trinajstić information content (AvgIpc) is 2.30. The second-order valence-electron chi connectivity index (χ2n) is 3.61. The van der Waals surface area contributed by atoms with E-state index >= 15 is 0 Å². The van der Waals surface area contributed by atoms with E-state index in [0.717, 1.165) is 6.42 Å². The van der Waals surface area contributed by atoms with Crippen LogP contribution in [-0.2, 0) is 4.79 Å². The first-order valence-electron chi connectivity index (χ1n) is 4.98. The van der Waals surface area contributed by atoms with Gasteiger partial charge in [-0.3, -0.25) is 0 Å². The molecule has 1 heterocycles. The molecule has 0 amide bonds. The van der Waals surface area contributed by atoms with Crippen molar-refractivity contribution < 1.29 is 9.90 Å². The standard InChI is InChI=1S/C12H13NO2/c14-12(15)10-6-7-11(13-8-10)9-4-2-1-3-5-9/h1-6,11,13H,7-8H2,(H,14,15). The van der Waals surface area contributed by atoms with Gasteiger partial charge < -0.3 is 10.4 Å². The van der Waals surface area contributed by atoms with Crippen molar-refractivity contribution in [2.75, 3.05) is 6.54 Å². The zero-order chi connectivity index (χ0) is 10.7. The molecular weight excluding hydrogens is 190 g/mol. The normalized spacial score (nSPS) is 20.8. The van der Waals surface area contributed by atoms with Gasteiger partial charge in [0.2, 0.25) is 0 Å². The average molecular weight is 203 g/mol. The molecule has 0 bridgehead atoms. The van der Waals surface area contributed by atoms with Crippen molar-refractivity contribution in [1.82, 2.24) is 5.32 Å². The SMILES string of the molecule is O=C(O)C1=CCC(c2ccccc2)NC1. The van der Waals surface area contributed by atoms with Gasteiger partial charge in [-0.1, -0.05) is 36.4 Å². The Morgan fingerprint density at radius 3 is 2.60 bits per heavy atom. The molecule has 1 atom stereocenters. The summed E-state index contributed by atoms with van der Waals surface area (Å²) < 4.78 is 0. The molecule has 0 fully saturated rings. The topological polar surface area (TPSA) is 49.3 Å². The summed E-state index contributed by atoms with van der Waals surface area (Å²) in [5.74, 6) is -0.825. The summed E-state index contributed by atoms with van der Waals surface area (Å²) in [7, 11) is 0. The Morgan fingerprint density at radius 2 is 2.07 bits per heavy atom. The largest absolute Gasteiger partial charge is 0.478 e. The van der Waals surface area contributed by atoms with E-state index in [2.05, 4.69) is 17.4 Å². The number of carboxylic acids is 1. The van der Waals surface area contributed by atoms with Crippen LogP contribution in [0.25, 0.3) is 0 Å². The molecule has 1 aromatic carbocycles. The summed E-state index contributed by atoms with van der Waals surface area (Å²) in [6.45, 7) is 0.439. The van der Waals surface area contributed by atoms with Gasteiger partial charge in [-0.2, -0.15) is 0 Å². The highest BCUT2D eigenvalue weighted by molar-refractivity contribution is 5.87. The Labute approximate surface area is 88.4 Å². The van der Waals surface area contributed by atoms with Crippen molar-refractivity contribution in [3.8, 4) is 0 Å². The van der Waals surface area contributed by atoms with E-state index in [1.165, 1.54) is 5.56 Å². The Bertz CT molecular complexity index is 384. The number of carbonyl (C=O) groups is 1. The molecule has 15 heavy (non-hydrogen) atoms. The summed E-state index contributed by atoms with van der Waals surface area (Å²) in [5, 5.41) is 12.0. The van der Waals surface area contributed by atoms with Gasteiger partial charge in [-0.25, -0.2) is 4.79 Å². The second kappa shape index (κ2) is 4.28. The Kier molecular flexibility index (Phi) is 2.83. The maximum absolute atomic E-state index is 10.7. The second-order valence-corrected chi connectivity index (χ2v) is 3.61. The van der Waals surface area contributed by atoms with Crippen LogP contribution in [0.5, 0.6) is 0 Å². The molecule has 0 saturated carbocycles. The first-order chi connectivity index (χ1) is 7.27. The maximum atomic E-state index is 10.7. The van der Waals surface area contributed by atoms with Crippen molar-refractivity contribution >= 4 is 5.97 Å². The molecule has 2 N–H and O–H groups in total. The summed E-state index contributed by atoms with van der Waals surface area (Å²) in [5.41, 5.74) is 1.67. The van der Waals surface area contributed by atoms with Gasteiger partial charge in [0, 0.05) is 18.2 Å². The first-order valence-corrected chi connectivity index (χ1v) is 4.98. The van der Waals surface area contributed by atoms with Crippen LogP contribution in [-0.4, -0.2) is 17.6 Å². The van der Waals surface area contributed by atoms with Crippen LogP contribution in [0, 0.1) is 0 Å². The minimum atomic E-state index is -0.825. The van der Waals surface area contributed by atoms with E-state index < -0.39 is 5.97 Å². The summed E-state index contributed by atoms with van der Waals surface area (Å²) in [6.07, 6.45) is 2.54. The molecule has 1 aliphatic heterocycles. The van der Waals surface area contributed by atoms with Crippen molar-refractivity contribution in [3.05, 3.63) is 47.5 Å². The van der Waals surface area contributed by atoms with Gasteiger partial charge in [-0.15, -0.1) is 0 Å². The van der Waals surface area contributed by atoms with E-state index in [9.17, 15) is 4.79 Å². The van der Waals surface area contributed by atoms with Crippen molar-refractivity contribution in [3.63, 3.8) is 0 Å². The molecule has 0 saturated heterocycles. The minimum absolute atomic E-state index is 0.245. The molecular formula is C12H13NO2. The third-order valence-corrected chi connectivity index (χ3v) is 2.62. The lowest BCUT2D eigenvalue weighted by atomic mass is 9.98. The maximum Gasteiger partial charge on any atom is 0.332 e. The third-order valence-electron chi connectivity index (χ3n) is 2.62. The highest BCUT2D eigenvalue weighted by Gasteiger charge is 2.18. The van der Waals surface area contributed by atoms with Gasteiger partial charge in [0.25, 0.3) is 0 Å². The van der Waals surface area contributed by atoms with Crippen LogP contribution in [0.4, 0.5) is 0 Å². The number of carboxylic acid groups (broad SMARTS) is 1. The van der Waals surface area contributed by atoms with E-state index in [4.69, 9.17) is 5.11 Å². The van der Waals surface area contributed by atoms with Gasteiger partial charge in [0.05, 0.1) is 0 Å². The fourth-order valence-corrected chi connectivity index (χ4v) is 1.75. The van der Waals surface area contributed by atoms with Crippen LogP contribution in [0.3, 0.4) is 0 Å². The van der Waals surface area contributed by atoms with Crippen molar-refractivity contribution in [2.24, 2.45) is 0 Å². The molecule has 78 valence electrons. The number of hydrogen-bond donors (Lipinski definition) is 2. The van der Waals surface area contributed by atoms with Crippen LogP contribution in [0.15, 0.2) is 42.0 Å². The molecule has 0 aromatic heterocycles. The number of rotatable bonds is 2. The van der Waals surface area contributed by atoms with Crippen LogP contribution in [0.2, 0.25) is 0 Å². The summed E-state index contributed by atoms with van der Waals surface area (Å²) in [4.78, 5) is 10.7. The molecule has 0 aliphatic carbocycles. The Balaban J connectivity index is 2.09. The van der Waals surface area contributed by atoms with Gasteiger partial charge in [0.15, 0.2) is 0 Å². The van der Waals surface area contributed by atoms with E-state index in [1.807, 2.05) is 18.2 Å². The van der Waals surface area contributed by atoms with Gasteiger partial charge in [-0.05, 0) is 12.0 Å². The minimum Gasteiger partial charge on any atom is -0.478 e. The summed E-state index contributed by atoms with van der Waals surface area (Å²) in [6, 6.07) is 10.3. The van der Waals surface area contributed by atoms with Gasteiger partial charge in [0.1, 0.15) is 0 Å². The van der Waals surface area contributed by atoms with Crippen molar-refractivity contribution in [2.45, 2.75) is 12.5 Å². The zero-order valence-corrected chi connectivity index (χ0v) is 8.31. The third kappa shape index (κ3) is 2.25. The predicted octanol–water partition coefficient (Wildman–Crippen LogP) is 1.73. The molecule has 3 heteroatoms. The Morgan fingerprint density at radius 1 is 1.33 bits per heavy atom. The lowest BCUT2D eigenvalue weighted by molar-refractivity contribution is -0.132. The Hall–Kier alpha value is -1.61. The van der Waals surface area contributed by atoms with E-state index in [0.29, 0.717) is 12.1 Å². The van der Waals surface area contributed by atoms with E-state index in [-0.39, 0.29) is 6.04 Å². The predicted molar refractivity (Wildman–Crippen MR) is 57.5 cm³/mol. The zero-order valence-electron chi connectivity index (χ0n) is 8.31. The van der Waals surface area contributed by atoms with Crippen LogP contribution >= 0.6 is 0 Å². The van der Waals surface area contributed by atoms with Crippen LogP contribution in [0.1, 0.15) is 18.0 Å². The molecule has 0 spiro atoms. The summed E-state index contributed by atoms with van der Waals surface area (Å²) >= 11 is 0. The van der Waals surface area contributed by atoms with Crippen LogP contribution < -0.4 is 5.32 Å². The lowest BCUT2D eigenvalue weighted by Gasteiger charge is -2.22. The molecule has 1 unspecified atom stereocenters. The molecule has 1 aliphatic rings. The van der Waals surface area contributed by atoms with Gasteiger partial charge >= 0.3 is 5.97 Å². The first kappa shape index (κ1) is 9.93. The smallest absolute Gasteiger partial charge is 0.332 e. The fraction of sp³-hybridized carbons (Fsp3) is 0.250. The van der Waals surface area contributed by atoms with Crippen molar-refractivity contribution in [1.29, 1.82) is 0 Å². The molecule has 1 aromatic rings. The highest BCUT2D eigenvalue weighted by Crippen LogP contribution is 2.21. The van der Waals surface area contributed by atoms with E-state index in [1.54, 1.807) is 6.08 Å². The molecule has 0 radical (unpaired) electrons. The molecule has 2 rings (SSSR count). The number of hydrogen-bond acceptors (Lipinski definition) is 2. The monoisotopic (exact) mass is 203 g/mol. The number of nitrogens with one attached hydrogen (secondary N) is 1. The quantitative estimate of drug-likeness (QED) is 0.769. The number of aliphatic carboxylic acids is 1. The fourth-order valence-electron chi connectivity index (χ4n) is 1.75. The number of benzene rings is 1. The highest BCUT2D eigenvalue weighted by atomic mass is 16.4. The lowest BCUT2D eigenvalue weighted by Crippen LogP contribution is -2.29. The molecule has 3 nitrogen and oxygen atoms in total.